The quantitative estimate of drug-likeness (QED) is 0.510. The van der Waals surface area contributed by atoms with Crippen LogP contribution in [0.2, 0.25) is 0 Å². The van der Waals surface area contributed by atoms with Crippen LogP contribution in [0.25, 0.3) is 0 Å². The Morgan fingerprint density at radius 2 is 0.923 bits per heavy atom. The van der Waals surface area contributed by atoms with Crippen molar-refractivity contribution < 1.29 is 11.7 Å². The second kappa shape index (κ2) is 11.7. The van der Waals surface area contributed by atoms with Crippen molar-refractivity contribution in [2.24, 2.45) is 0 Å². The molecule has 0 aliphatic heterocycles. The van der Waals surface area contributed by atoms with Gasteiger partial charge in [-0.1, -0.05) is 0 Å². The van der Waals surface area contributed by atoms with Crippen LogP contribution in [0.3, 0.4) is 0 Å². The molecule has 0 nitrogen and oxygen atoms in total. The summed E-state index contributed by atoms with van der Waals surface area (Å²) in [4.78, 5) is 0. The third-order valence-corrected chi connectivity index (χ3v) is 1.11. The molecule has 0 saturated heterocycles. The summed E-state index contributed by atoms with van der Waals surface area (Å²) in [5.41, 5.74) is 0. The molecule has 13 heavy (non-hydrogen) atoms. The van der Waals surface area contributed by atoms with Crippen LogP contribution in [0, 0.1) is 0 Å². The zero-order chi connectivity index (χ0) is 9.78. The molecule has 0 atom stereocenters. The van der Waals surface area contributed by atoms with E-state index in [4.69, 9.17) is 0 Å². The fourth-order valence-corrected chi connectivity index (χ4v) is 0.642. The van der Waals surface area contributed by atoms with Crippen molar-refractivity contribution in [3.63, 3.8) is 0 Å². The smallest absolute Gasteiger partial charge is 0.172 e. The molecule has 0 aliphatic rings. The molecule has 0 aliphatic carbocycles. The van der Waals surface area contributed by atoms with Crippen molar-refractivity contribution in [3.8, 4) is 0 Å². The maximum Gasteiger partial charge on any atom is -0.172 e. The van der Waals surface area contributed by atoms with E-state index in [9.17, 15) is 0 Å². The Balaban J connectivity index is 0.000000174. The standard InChI is InChI=1S/2C5H5.Fe.2S/c2*1-2-4-5-3-1;;;/h2*1-5H;;;/q2*-1;+2;;. The van der Waals surface area contributed by atoms with Crippen molar-refractivity contribution >= 4 is 21.1 Å². The van der Waals surface area contributed by atoms with Crippen molar-refractivity contribution in [2.75, 3.05) is 0 Å². The Morgan fingerprint density at radius 3 is 1.00 bits per heavy atom. The van der Waals surface area contributed by atoms with E-state index in [0.29, 0.717) is 11.7 Å². The molecule has 2 rings (SSSR count). The van der Waals surface area contributed by atoms with Crippen LogP contribution in [0.15, 0.2) is 60.7 Å². The van der Waals surface area contributed by atoms with E-state index in [1.165, 1.54) is 0 Å². The molecule has 0 bridgehead atoms. The van der Waals surface area contributed by atoms with Gasteiger partial charge in [0, 0.05) is 0 Å². The van der Waals surface area contributed by atoms with Gasteiger partial charge < -0.3 is 0 Å². The van der Waals surface area contributed by atoms with Crippen LogP contribution in [0.5, 0.6) is 0 Å². The van der Waals surface area contributed by atoms with E-state index < -0.39 is 0 Å². The molecule has 3 heteroatoms. The zero-order valence-corrected chi connectivity index (χ0v) is 9.68. The summed E-state index contributed by atoms with van der Waals surface area (Å²) in [6, 6.07) is 20.0. The van der Waals surface area contributed by atoms with Gasteiger partial charge in [0.25, 0.3) is 0 Å². The predicted octanol–water partition coefficient (Wildman–Crippen LogP) is 4.10. The molecule has 0 unspecified atom stereocenters. The molecule has 0 spiro atoms. The summed E-state index contributed by atoms with van der Waals surface area (Å²) in [5.74, 6) is 0. The van der Waals surface area contributed by atoms with E-state index in [-0.39, 0.29) is 0 Å². The number of hydrogen-bond acceptors (Lipinski definition) is 2. The van der Waals surface area contributed by atoms with Crippen LogP contribution in [0.4, 0.5) is 0 Å². The average molecular weight is 250 g/mol. The summed E-state index contributed by atoms with van der Waals surface area (Å²) < 4.78 is 0. The van der Waals surface area contributed by atoms with E-state index in [2.05, 4.69) is 21.1 Å². The minimum absolute atomic E-state index is 0.417. The molecule has 0 fully saturated rings. The van der Waals surface area contributed by atoms with Gasteiger partial charge in [0.05, 0.1) is 0 Å². The monoisotopic (exact) mass is 250 g/mol. The summed E-state index contributed by atoms with van der Waals surface area (Å²) >= 11 is 0.417. The Hall–Kier alpha value is -0.341. The normalized spacial score (nSPS) is 7.08. The fourth-order valence-electron chi connectivity index (χ4n) is 0.642. The molecule has 2 aromatic rings. The first kappa shape index (κ1) is 12.7. The maximum atomic E-state index is 4.21. The molecule has 0 saturated carbocycles. The SMILES string of the molecule is [S]=[Fe+2]=[S].c1cc[cH-]c1.c1cc[cH-]c1. The van der Waals surface area contributed by atoms with Crippen molar-refractivity contribution in [3.05, 3.63) is 60.7 Å². The molecular weight excluding hydrogens is 240 g/mol. The van der Waals surface area contributed by atoms with Gasteiger partial charge in [-0.05, 0) is 0 Å². The van der Waals surface area contributed by atoms with Crippen LogP contribution in [-0.2, 0) is 11.7 Å². The van der Waals surface area contributed by atoms with Crippen LogP contribution in [-0.4, -0.2) is 0 Å². The van der Waals surface area contributed by atoms with Crippen LogP contribution < -0.4 is 0 Å². The average Bonchev–Trinajstić information content (AvgIpc) is 2.85. The van der Waals surface area contributed by atoms with Crippen molar-refractivity contribution in [1.82, 2.24) is 0 Å². The number of rotatable bonds is 0. The topological polar surface area (TPSA) is 0 Å². The summed E-state index contributed by atoms with van der Waals surface area (Å²) in [6.45, 7) is 0. The minimum atomic E-state index is 0.417. The first-order valence-corrected chi connectivity index (χ1v) is 6.90. The van der Waals surface area contributed by atoms with Gasteiger partial charge >= 0.3 is 32.8 Å². The second-order valence-electron chi connectivity index (χ2n) is 1.98. The van der Waals surface area contributed by atoms with Gasteiger partial charge in [-0.2, -0.15) is 36.4 Å². The summed E-state index contributed by atoms with van der Waals surface area (Å²) in [7, 11) is 8.42. The summed E-state index contributed by atoms with van der Waals surface area (Å²) in [5, 5.41) is 0. The summed E-state index contributed by atoms with van der Waals surface area (Å²) in [6.07, 6.45) is 0. The van der Waals surface area contributed by atoms with Gasteiger partial charge in [0.1, 0.15) is 0 Å². The predicted molar refractivity (Wildman–Crippen MR) is 59.3 cm³/mol. The van der Waals surface area contributed by atoms with Crippen molar-refractivity contribution in [2.45, 2.75) is 0 Å². The third-order valence-electron chi connectivity index (χ3n) is 1.11. The molecule has 0 radical (unpaired) electrons. The Kier molecular flexibility index (Phi) is 11.4. The van der Waals surface area contributed by atoms with Gasteiger partial charge in [-0.15, -0.1) is 0 Å². The van der Waals surface area contributed by atoms with E-state index in [1.807, 2.05) is 60.7 Å². The van der Waals surface area contributed by atoms with E-state index in [0.717, 1.165) is 0 Å². The molecule has 0 amide bonds. The molecule has 70 valence electrons. The molecule has 0 aromatic heterocycles. The largest absolute Gasteiger partial charge is 0.214 e. The first-order chi connectivity index (χ1) is 6.41. The third kappa shape index (κ3) is 11.7. The zero-order valence-electron chi connectivity index (χ0n) is 6.94. The van der Waals surface area contributed by atoms with Crippen LogP contribution >= 0.6 is 21.1 Å². The Labute approximate surface area is 93.2 Å². The Morgan fingerprint density at radius 1 is 0.692 bits per heavy atom. The van der Waals surface area contributed by atoms with Gasteiger partial charge in [-0.25, -0.2) is 24.3 Å². The van der Waals surface area contributed by atoms with Crippen molar-refractivity contribution in [1.29, 1.82) is 0 Å². The first-order valence-electron chi connectivity index (χ1n) is 3.62. The fraction of sp³-hybridized carbons (Fsp3) is 0. The molecular formula is C10H10FeS2. The van der Waals surface area contributed by atoms with Gasteiger partial charge in [0.2, 0.25) is 0 Å². The molecule has 0 N–H and O–H groups in total. The minimum Gasteiger partial charge on any atom is -0.214 e. The van der Waals surface area contributed by atoms with E-state index >= 15 is 0 Å². The van der Waals surface area contributed by atoms with Gasteiger partial charge in [-0.3, -0.25) is 0 Å². The molecule has 0 heterocycles. The second-order valence-corrected chi connectivity index (χ2v) is 4.11. The molecule has 2 aromatic carbocycles. The van der Waals surface area contributed by atoms with Crippen LogP contribution in [0.1, 0.15) is 0 Å². The van der Waals surface area contributed by atoms with E-state index in [1.54, 1.807) is 0 Å². The number of hydrogen-bond donors (Lipinski definition) is 0. The Bertz CT molecular complexity index is 218. The maximum absolute atomic E-state index is 4.21. The van der Waals surface area contributed by atoms with Gasteiger partial charge in [0.15, 0.2) is 0 Å².